The van der Waals surface area contributed by atoms with E-state index < -0.39 is 0 Å². The number of ether oxygens (including phenoxy) is 2. The minimum atomic E-state index is 0.123. The summed E-state index contributed by atoms with van der Waals surface area (Å²) < 4.78 is 16.1. The molecule has 0 saturated carbocycles. The first kappa shape index (κ1) is 14.8. The van der Waals surface area contributed by atoms with Gasteiger partial charge in [-0.1, -0.05) is 0 Å². The number of furan rings is 1. The molecule has 0 unspecified atom stereocenters. The van der Waals surface area contributed by atoms with E-state index in [4.69, 9.17) is 19.0 Å². The number of hydrogen-bond acceptors (Lipinski definition) is 5. The average molecular weight is 279 g/mol. The van der Waals surface area contributed by atoms with Gasteiger partial charge in [0.25, 0.3) is 0 Å². The molecule has 0 amide bonds. The highest BCUT2D eigenvalue weighted by atomic mass is 16.5. The third-order valence-corrected chi connectivity index (χ3v) is 3.18. The first-order valence-corrected chi connectivity index (χ1v) is 6.65. The minimum Gasteiger partial charge on any atom is -0.497 e. The zero-order chi connectivity index (χ0) is 14.4. The number of benzene rings is 1. The lowest BCUT2D eigenvalue weighted by Crippen LogP contribution is -2.29. The molecule has 1 aromatic carbocycles. The van der Waals surface area contributed by atoms with Crippen LogP contribution in [0.3, 0.4) is 0 Å². The maximum absolute atomic E-state index is 9.09. The van der Waals surface area contributed by atoms with Crippen molar-refractivity contribution in [2.24, 2.45) is 0 Å². The van der Waals surface area contributed by atoms with Crippen LogP contribution < -0.4 is 4.74 Å². The third kappa shape index (κ3) is 3.72. The van der Waals surface area contributed by atoms with E-state index in [0.717, 1.165) is 29.0 Å². The highest BCUT2D eigenvalue weighted by Gasteiger charge is 2.10. The Bertz CT molecular complexity index is 538. The molecule has 1 heterocycles. The molecular weight excluding hydrogens is 258 g/mol. The summed E-state index contributed by atoms with van der Waals surface area (Å²) in [6.07, 6.45) is 0. The van der Waals surface area contributed by atoms with Crippen molar-refractivity contribution in [1.82, 2.24) is 4.90 Å². The molecule has 0 aliphatic heterocycles. The van der Waals surface area contributed by atoms with Crippen LogP contribution in [-0.4, -0.2) is 50.5 Å². The van der Waals surface area contributed by atoms with Crippen LogP contribution in [0.5, 0.6) is 5.75 Å². The van der Waals surface area contributed by atoms with Crippen molar-refractivity contribution in [1.29, 1.82) is 0 Å². The lowest BCUT2D eigenvalue weighted by atomic mass is 10.2. The van der Waals surface area contributed by atoms with Gasteiger partial charge in [-0.15, -0.1) is 0 Å². The Morgan fingerprint density at radius 2 is 2.05 bits per heavy atom. The topological polar surface area (TPSA) is 55.1 Å². The lowest BCUT2D eigenvalue weighted by Gasteiger charge is -2.19. The maximum Gasteiger partial charge on any atom is 0.134 e. The summed E-state index contributed by atoms with van der Waals surface area (Å²) >= 11 is 0. The normalized spacial score (nSPS) is 11.4. The lowest BCUT2D eigenvalue weighted by molar-refractivity contribution is 0.122. The van der Waals surface area contributed by atoms with Crippen molar-refractivity contribution < 1.29 is 19.0 Å². The fraction of sp³-hybridized carbons (Fsp3) is 0.467. The maximum atomic E-state index is 9.09. The van der Waals surface area contributed by atoms with E-state index in [2.05, 4.69) is 4.90 Å². The van der Waals surface area contributed by atoms with Crippen molar-refractivity contribution in [2.45, 2.75) is 6.54 Å². The van der Waals surface area contributed by atoms with Crippen molar-refractivity contribution in [3.05, 3.63) is 30.0 Å². The second-order valence-electron chi connectivity index (χ2n) is 4.61. The van der Waals surface area contributed by atoms with Crippen LogP contribution in [0, 0.1) is 0 Å². The fourth-order valence-corrected chi connectivity index (χ4v) is 2.13. The van der Waals surface area contributed by atoms with Gasteiger partial charge in [-0.25, -0.2) is 0 Å². The average Bonchev–Trinajstić information content (AvgIpc) is 2.86. The van der Waals surface area contributed by atoms with Crippen LogP contribution in [0.4, 0.5) is 0 Å². The Hall–Kier alpha value is -1.56. The van der Waals surface area contributed by atoms with Gasteiger partial charge in [-0.05, 0) is 24.3 Å². The van der Waals surface area contributed by atoms with Gasteiger partial charge < -0.3 is 19.0 Å². The number of aliphatic hydroxyl groups excluding tert-OH is 1. The Morgan fingerprint density at radius 3 is 2.75 bits per heavy atom. The zero-order valence-electron chi connectivity index (χ0n) is 12.0. The zero-order valence-corrected chi connectivity index (χ0v) is 12.0. The molecule has 5 heteroatoms. The summed E-state index contributed by atoms with van der Waals surface area (Å²) in [6, 6.07) is 7.75. The first-order chi connectivity index (χ1) is 9.76. The van der Waals surface area contributed by atoms with Crippen LogP contribution in [0.25, 0.3) is 11.0 Å². The molecular formula is C15H21NO4. The Balaban J connectivity index is 2.10. The van der Waals surface area contributed by atoms with Gasteiger partial charge in [0.2, 0.25) is 0 Å². The first-order valence-electron chi connectivity index (χ1n) is 6.65. The van der Waals surface area contributed by atoms with Crippen molar-refractivity contribution in [3.63, 3.8) is 0 Å². The number of methoxy groups -OCH3 is 2. The summed E-state index contributed by atoms with van der Waals surface area (Å²) in [5.74, 6) is 1.69. The second kappa shape index (κ2) is 7.28. The summed E-state index contributed by atoms with van der Waals surface area (Å²) in [4.78, 5) is 2.10. The summed E-state index contributed by atoms with van der Waals surface area (Å²) in [5.41, 5.74) is 0.844. The Morgan fingerprint density at radius 1 is 1.20 bits per heavy atom. The van der Waals surface area contributed by atoms with Gasteiger partial charge in [0, 0.05) is 25.6 Å². The van der Waals surface area contributed by atoms with Crippen molar-refractivity contribution >= 4 is 11.0 Å². The SMILES string of the molecule is COCCN(CCO)Cc1cc2cc(OC)ccc2o1. The number of fused-ring (bicyclic) bond motifs is 1. The smallest absolute Gasteiger partial charge is 0.134 e. The molecule has 1 N–H and O–H groups in total. The van der Waals surface area contributed by atoms with Crippen molar-refractivity contribution in [2.75, 3.05) is 40.5 Å². The molecule has 0 atom stereocenters. The van der Waals surface area contributed by atoms with Gasteiger partial charge in [0.1, 0.15) is 17.1 Å². The van der Waals surface area contributed by atoms with E-state index in [1.807, 2.05) is 24.3 Å². The van der Waals surface area contributed by atoms with Gasteiger partial charge in [-0.2, -0.15) is 0 Å². The highest BCUT2D eigenvalue weighted by Crippen LogP contribution is 2.24. The van der Waals surface area contributed by atoms with E-state index in [9.17, 15) is 0 Å². The number of rotatable bonds is 8. The second-order valence-corrected chi connectivity index (χ2v) is 4.61. The molecule has 0 bridgehead atoms. The third-order valence-electron chi connectivity index (χ3n) is 3.18. The summed E-state index contributed by atoms with van der Waals surface area (Å²) in [7, 11) is 3.32. The molecule has 0 saturated heterocycles. The van der Waals surface area contributed by atoms with Gasteiger partial charge in [0.05, 0.1) is 26.9 Å². The van der Waals surface area contributed by atoms with Gasteiger partial charge >= 0.3 is 0 Å². The molecule has 2 aromatic rings. The number of hydrogen-bond donors (Lipinski definition) is 1. The molecule has 0 fully saturated rings. The molecule has 0 radical (unpaired) electrons. The van der Waals surface area contributed by atoms with Gasteiger partial charge in [-0.3, -0.25) is 4.90 Å². The van der Waals surface area contributed by atoms with Gasteiger partial charge in [0.15, 0.2) is 0 Å². The number of aliphatic hydroxyl groups is 1. The van der Waals surface area contributed by atoms with Crippen LogP contribution >= 0.6 is 0 Å². The predicted molar refractivity (Wildman–Crippen MR) is 77.0 cm³/mol. The minimum absolute atomic E-state index is 0.123. The molecule has 20 heavy (non-hydrogen) atoms. The molecule has 5 nitrogen and oxygen atoms in total. The van der Waals surface area contributed by atoms with E-state index >= 15 is 0 Å². The summed E-state index contributed by atoms with van der Waals surface area (Å²) in [6.45, 7) is 2.77. The van der Waals surface area contributed by atoms with Crippen LogP contribution in [0.2, 0.25) is 0 Å². The van der Waals surface area contributed by atoms with Crippen LogP contribution in [0.1, 0.15) is 5.76 Å². The van der Waals surface area contributed by atoms with Crippen LogP contribution in [-0.2, 0) is 11.3 Å². The standard InChI is InChI=1S/C15H21NO4/c1-18-8-6-16(5-7-17)11-14-10-12-9-13(19-2)3-4-15(12)20-14/h3-4,9-10,17H,5-8,11H2,1-2H3. The molecule has 2 rings (SSSR count). The van der Waals surface area contributed by atoms with E-state index in [1.165, 1.54) is 0 Å². The largest absolute Gasteiger partial charge is 0.497 e. The quantitative estimate of drug-likeness (QED) is 0.799. The van der Waals surface area contributed by atoms with E-state index in [-0.39, 0.29) is 6.61 Å². The predicted octanol–water partition coefficient (Wildman–Crippen LogP) is 1.88. The highest BCUT2D eigenvalue weighted by molar-refractivity contribution is 5.79. The monoisotopic (exact) mass is 279 g/mol. The fourth-order valence-electron chi connectivity index (χ4n) is 2.13. The molecule has 0 aliphatic rings. The molecule has 0 aliphatic carbocycles. The molecule has 110 valence electrons. The van der Waals surface area contributed by atoms with E-state index in [0.29, 0.717) is 19.7 Å². The molecule has 1 aromatic heterocycles. The molecule has 0 spiro atoms. The Kier molecular flexibility index (Phi) is 5.40. The van der Waals surface area contributed by atoms with Crippen molar-refractivity contribution in [3.8, 4) is 5.75 Å². The van der Waals surface area contributed by atoms with E-state index in [1.54, 1.807) is 14.2 Å². The van der Waals surface area contributed by atoms with Crippen LogP contribution in [0.15, 0.2) is 28.7 Å². The summed E-state index contributed by atoms with van der Waals surface area (Å²) in [5, 5.41) is 10.1. The Labute approximate surface area is 118 Å². The number of nitrogens with zero attached hydrogens (tertiary/aromatic N) is 1.